The lowest BCUT2D eigenvalue weighted by Crippen LogP contribution is -2.53. The Morgan fingerprint density at radius 3 is 1.41 bits per heavy atom. The molecule has 0 radical (unpaired) electrons. The van der Waals surface area contributed by atoms with Crippen LogP contribution < -0.4 is 11.5 Å². The maximum absolute atomic E-state index is 9.54. The number of amides is 1. The molecule has 7 heteroatoms. The van der Waals surface area contributed by atoms with E-state index in [0.29, 0.717) is 0 Å². The average Bonchev–Trinajstić information content (AvgIpc) is 2.49. The van der Waals surface area contributed by atoms with E-state index in [4.69, 9.17) is 39.2 Å². The van der Waals surface area contributed by atoms with Gasteiger partial charge in [0.2, 0.25) is 5.91 Å². The van der Waals surface area contributed by atoms with Crippen molar-refractivity contribution in [1.29, 1.82) is 0 Å². The molecule has 122 valence electrons. The highest BCUT2D eigenvalue weighted by Crippen LogP contribution is 2.04. The Bertz CT molecular complexity index is 370. The molecule has 0 rings (SSSR count). The Kier molecular flexibility index (Phi) is 16.4. The third kappa shape index (κ3) is 16.5. The van der Waals surface area contributed by atoms with Crippen LogP contribution in [0.15, 0.2) is 0 Å². The van der Waals surface area contributed by atoms with Gasteiger partial charge in [-0.25, -0.2) is 0 Å². The van der Waals surface area contributed by atoms with Crippen LogP contribution in [-0.2, 0) is 19.0 Å². The Morgan fingerprint density at radius 2 is 1.23 bits per heavy atom. The molecule has 6 nitrogen and oxygen atoms in total. The number of halogens is 1. The second-order valence-electron chi connectivity index (χ2n) is 4.05. The molecule has 0 aromatic rings. The van der Waals surface area contributed by atoms with Gasteiger partial charge in [-0.2, -0.15) is 0 Å². The zero-order valence-corrected chi connectivity index (χ0v) is 13.9. The third-order valence-corrected chi connectivity index (χ3v) is 2.41. The minimum Gasteiger partial charge on any atom is -0.369 e. The molecule has 0 saturated carbocycles. The highest BCUT2D eigenvalue weighted by Gasteiger charge is 2.26. The molecule has 1 amide bonds. The fraction of sp³-hybridized carbons (Fsp3) is 0.533. The van der Waals surface area contributed by atoms with Crippen molar-refractivity contribution in [2.45, 2.75) is 5.54 Å². The quantitative estimate of drug-likeness (QED) is 0.306. The Balaban J connectivity index is 0. The van der Waals surface area contributed by atoms with Crippen molar-refractivity contribution >= 4 is 21.8 Å². The summed E-state index contributed by atoms with van der Waals surface area (Å²) in [5.41, 5.74) is 9.84. The van der Waals surface area contributed by atoms with Crippen LogP contribution in [0, 0.1) is 37.0 Å². The number of primary amides is 1. The molecule has 0 aliphatic carbocycles. The number of hydrogen-bond donors (Lipinski definition) is 2. The van der Waals surface area contributed by atoms with Crippen LogP contribution in [0.4, 0.5) is 0 Å². The summed E-state index contributed by atoms with van der Waals surface area (Å²) in [4.78, 5) is 9.54. The van der Waals surface area contributed by atoms with Crippen LogP contribution in [-0.4, -0.2) is 56.4 Å². The zero-order chi connectivity index (χ0) is 17.3. The van der Waals surface area contributed by atoms with E-state index < -0.39 is 5.54 Å². The molecule has 0 heterocycles. The van der Waals surface area contributed by atoms with E-state index in [-0.39, 0.29) is 50.9 Å². The lowest BCUT2D eigenvalue weighted by Gasteiger charge is -2.27. The van der Waals surface area contributed by atoms with Crippen molar-refractivity contribution < 1.29 is 19.0 Å². The molecule has 0 spiro atoms. The smallest absolute Gasteiger partial charge is 0.228 e. The van der Waals surface area contributed by atoms with Crippen LogP contribution >= 0.6 is 15.9 Å². The first kappa shape index (κ1) is 22.7. The minimum absolute atomic E-state index is 0.184. The summed E-state index contributed by atoms with van der Waals surface area (Å²) in [6.07, 6.45) is 15.2. The van der Waals surface area contributed by atoms with Gasteiger partial charge in [0.1, 0.15) is 19.8 Å². The number of nitrogens with two attached hydrogens (primary N) is 2. The van der Waals surface area contributed by atoms with Crippen LogP contribution in [0.5, 0.6) is 0 Å². The summed E-state index contributed by atoms with van der Waals surface area (Å²) in [7, 11) is 0. The van der Waals surface area contributed by atoms with Gasteiger partial charge >= 0.3 is 0 Å². The van der Waals surface area contributed by atoms with Gasteiger partial charge in [-0.05, 0) is 0 Å². The first-order valence-corrected chi connectivity index (χ1v) is 7.24. The maximum atomic E-state index is 9.54. The molecule has 0 aromatic carbocycles. The van der Waals surface area contributed by atoms with Gasteiger partial charge in [-0.3, -0.25) is 4.79 Å². The van der Waals surface area contributed by atoms with Crippen molar-refractivity contribution in [2.75, 3.05) is 45.0 Å². The van der Waals surface area contributed by atoms with Crippen molar-refractivity contribution in [3.8, 4) is 37.0 Å². The molecule has 0 saturated heterocycles. The lowest BCUT2D eigenvalue weighted by atomic mass is 10.1. The molecule has 4 N–H and O–H groups in total. The van der Waals surface area contributed by atoms with Crippen LogP contribution in [0.25, 0.3) is 0 Å². The zero-order valence-electron chi connectivity index (χ0n) is 12.3. The standard InChI is InChI=1S/C13H17NO3.C2H4BrNO/c1-4-7-15-10-13(14,11-16-8-5-2)12-17-9-6-3;3-1-2(4)5/h1-3H,7-12,14H2;1H2,(H2,4,5). The summed E-state index contributed by atoms with van der Waals surface area (Å²) in [6, 6.07) is 0. The summed E-state index contributed by atoms with van der Waals surface area (Å²) < 4.78 is 15.6. The highest BCUT2D eigenvalue weighted by molar-refractivity contribution is 9.09. The molecule has 0 atom stereocenters. The van der Waals surface area contributed by atoms with E-state index in [1.54, 1.807) is 0 Å². The average molecular weight is 373 g/mol. The Hall–Kier alpha value is -1.53. The second kappa shape index (κ2) is 15.9. The largest absolute Gasteiger partial charge is 0.369 e. The van der Waals surface area contributed by atoms with Gasteiger partial charge in [0.25, 0.3) is 0 Å². The van der Waals surface area contributed by atoms with Gasteiger partial charge in [0, 0.05) is 0 Å². The number of carbonyl (C=O) groups is 1. The molecule has 0 aromatic heterocycles. The number of carbonyl (C=O) groups excluding carboxylic acids is 1. The van der Waals surface area contributed by atoms with Crippen molar-refractivity contribution in [3.63, 3.8) is 0 Å². The summed E-state index contributed by atoms with van der Waals surface area (Å²) in [5.74, 6) is 6.72. The van der Waals surface area contributed by atoms with Gasteiger partial charge in [0.05, 0.1) is 30.7 Å². The minimum atomic E-state index is -0.801. The monoisotopic (exact) mass is 372 g/mol. The predicted molar refractivity (Wildman–Crippen MR) is 88.9 cm³/mol. The summed E-state index contributed by atoms with van der Waals surface area (Å²) >= 11 is 2.84. The highest BCUT2D eigenvalue weighted by atomic mass is 79.9. The van der Waals surface area contributed by atoms with E-state index in [0.717, 1.165) is 0 Å². The molecule has 0 aliphatic rings. The van der Waals surface area contributed by atoms with Gasteiger partial charge in [0.15, 0.2) is 0 Å². The van der Waals surface area contributed by atoms with Crippen LogP contribution in [0.3, 0.4) is 0 Å². The van der Waals surface area contributed by atoms with E-state index >= 15 is 0 Å². The fourth-order valence-electron chi connectivity index (χ4n) is 1.06. The molecule has 22 heavy (non-hydrogen) atoms. The lowest BCUT2D eigenvalue weighted by molar-refractivity contribution is -0.115. The fourth-order valence-corrected chi connectivity index (χ4v) is 1.06. The number of ether oxygens (including phenoxy) is 3. The maximum Gasteiger partial charge on any atom is 0.228 e. The SMILES string of the molecule is C#CCOCC(N)(COCC#C)COCC#C.NC(=O)CBr. The van der Waals surface area contributed by atoms with Crippen molar-refractivity contribution in [3.05, 3.63) is 0 Å². The van der Waals surface area contributed by atoms with E-state index in [9.17, 15) is 4.79 Å². The van der Waals surface area contributed by atoms with E-state index in [1.807, 2.05) is 0 Å². The number of terminal acetylenes is 3. The summed E-state index contributed by atoms with van der Waals surface area (Å²) in [6.45, 7) is 1.20. The second-order valence-corrected chi connectivity index (χ2v) is 4.61. The van der Waals surface area contributed by atoms with Crippen LogP contribution in [0.2, 0.25) is 0 Å². The number of alkyl halides is 1. The first-order valence-electron chi connectivity index (χ1n) is 6.12. The van der Waals surface area contributed by atoms with E-state index in [1.165, 1.54) is 0 Å². The molecule has 0 aliphatic heterocycles. The number of hydrogen-bond acceptors (Lipinski definition) is 5. The first-order chi connectivity index (χ1) is 10.5. The topological polar surface area (TPSA) is 96.8 Å². The normalized spacial score (nSPS) is 9.59. The molecular formula is C15H21BrN2O4. The van der Waals surface area contributed by atoms with Gasteiger partial charge in [-0.1, -0.05) is 33.7 Å². The third-order valence-electron chi connectivity index (χ3n) is 1.86. The van der Waals surface area contributed by atoms with Crippen LogP contribution in [0.1, 0.15) is 0 Å². The summed E-state index contributed by atoms with van der Waals surface area (Å²) in [5, 5.41) is 0.257. The molecule has 0 bridgehead atoms. The molecular weight excluding hydrogens is 352 g/mol. The number of rotatable bonds is 10. The Morgan fingerprint density at radius 1 is 0.955 bits per heavy atom. The van der Waals surface area contributed by atoms with Gasteiger partial charge < -0.3 is 25.7 Å². The van der Waals surface area contributed by atoms with E-state index in [2.05, 4.69) is 39.4 Å². The Labute approximate surface area is 140 Å². The van der Waals surface area contributed by atoms with Gasteiger partial charge in [-0.15, -0.1) is 19.3 Å². The molecule has 0 fully saturated rings. The molecule has 0 unspecified atom stereocenters. The van der Waals surface area contributed by atoms with Crippen molar-refractivity contribution in [1.82, 2.24) is 0 Å². The predicted octanol–water partition coefficient (Wildman–Crippen LogP) is -0.500. The van der Waals surface area contributed by atoms with Crippen molar-refractivity contribution in [2.24, 2.45) is 11.5 Å².